The normalized spacial score (nSPS) is 26.0. The maximum Gasteiger partial charge on any atom is 0.286 e. The number of nitrogens with one attached hydrogen (secondary N) is 1. The summed E-state index contributed by atoms with van der Waals surface area (Å²) in [5, 5.41) is 2.92. The molecule has 2 amide bonds. The van der Waals surface area contributed by atoms with E-state index in [4.69, 9.17) is 4.42 Å². The van der Waals surface area contributed by atoms with E-state index in [2.05, 4.69) is 5.32 Å². The molecule has 1 aliphatic heterocycles. The lowest BCUT2D eigenvalue weighted by molar-refractivity contribution is -0.134. The zero-order chi connectivity index (χ0) is 15.2. The number of carbonyl (C=O) groups excluding carboxylic acids is 2. The van der Waals surface area contributed by atoms with Crippen LogP contribution in [0.3, 0.4) is 0 Å². The quantitative estimate of drug-likeness (QED) is 0.926. The first-order chi connectivity index (χ1) is 10.7. The molecule has 1 aromatic rings. The van der Waals surface area contributed by atoms with Crippen molar-refractivity contribution in [3.05, 3.63) is 24.2 Å². The van der Waals surface area contributed by atoms with Gasteiger partial charge in [0.05, 0.1) is 6.26 Å². The SMILES string of the molecule is O=C(NCC1CCN(C(=O)C2CC23CC3)CC1)c1ccco1. The molecule has 2 heterocycles. The molecule has 3 fully saturated rings. The molecular formula is C17H22N2O3. The zero-order valence-electron chi connectivity index (χ0n) is 12.7. The van der Waals surface area contributed by atoms with Crippen molar-refractivity contribution in [1.29, 1.82) is 0 Å². The van der Waals surface area contributed by atoms with Crippen LogP contribution in [0.5, 0.6) is 0 Å². The average Bonchev–Trinajstić information content (AvgIpc) is 3.42. The smallest absolute Gasteiger partial charge is 0.286 e. The number of hydrogen-bond acceptors (Lipinski definition) is 3. The average molecular weight is 302 g/mol. The standard InChI is InChI=1S/C17H22N2O3/c20-15(14-2-1-9-22-14)18-11-12-3-7-19(8-4-12)16(21)13-10-17(13)5-6-17/h1-2,9,12-13H,3-8,10-11H2,(H,18,20). The van der Waals surface area contributed by atoms with E-state index in [9.17, 15) is 9.59 Å². The molecule has 5 heteroatoms. The Labute approximate surface area is 130 Å². The zero-order valence-corrected chi connectivity index (χ0v) is 12.7. The van der Waals surface area contributed by atoms with Gasteiger partial charge >= 0.3 is 0 Å². The van der Waals surface area contributed by atoms with Crippen LogP contribution in [0.1, 0.15) is 42.7 Å². The fourth-order valence-corrected chi connectivity index (χ4v) is 3.72. The number of furan rings is 1. The minimum Gasteiger partial charge on any atom is -0.459 e. The molecule has 0 bridgehead atoms. The van der Waals surface area contributed by atoms with Crippen LogP contribution in [-0.4, -0.2) is 36.3 Å². The number of nitrogens with zero attached hydrogens (tertiary/aromatic N) is 1. The molecule has 1 aromatic heterocycles. The van der Waals surface area contributed by atoms with Gasteiger partial charge in [-0.05, 0) is 55.6 Å². The first-order valence-corrected chi connectivity index (χ1v) is 8.28. The molecule has 1 spiro atoms. The van der Waals surface area contributed by atoms with Gasteiger partial charge in [-0.25, -0.2) is 0 Å². The van der Waals surface area contributed by atoms with Crippen LogP contribution in [0, 0.1) is 17.3 Å². The van der Waals surface area contributed by atoms with Gasteiger partial charge in [0.25, 0.3) is 5.91 Å². The highest BCUT2D eigenvalue weighted by atomic mass is 16.3. The molecule has 0 radical (unpaired) electrons. The van der Waals surface area contributed by atoms with Crippen molar-refractivity contribution in [2.24, 2.45) is 17.3 Å². The van der Waals surface area contributed by atoms with Crippen molar-refractivity contribution >= 4 is 11.8 Å². The Bertz CT molecular complexity index is 569. The number of carbonyl (C=O) groups is 2. The Hall–Kier alpha value is -1.78. The highest BCUT2D eigenvalue weighted by molar-refractivity contribution is 5.91. The second-order valence-electron chi connectivity index (χ2n) is 7.08. The molecule has 2 saturated carbocycles. The van der Waals surface area contributed by atoms with Crippen LogP contribution >= 0.6 is 0 Å². The highest BCUT2D eigenvalue weighted by Crippen LogP contribution is 2.71. The Kier molecular flexibility index (Phi) is 3.24. The Morgan fingerprint density at radius 2 is 2.09 bits per heavy atom. The van der Waals surface area contributed by atoms with Gasteiger partial charge in [-0.1, -0.05) is 0 Å². The van der Waals surface area contributed by atoms with E-state index < -0.39 is 0 Å². The Morgan fingerprint density at radius 3 is 2.68 bits per heavy atom. The fourth-order valence-electron chi connectivity index (χ4n) is 3.72. The van der Waals surface area contributed by atoms with Gasteiger partial charge in [0.15, 0.2) is 5.76 Å². The van der Waals surface area contributed by atoms with E-state index in [1.807, 2.05) is 4.90 Å². The second kappa shape index (κ2) is 5.14. The highest BCUT2D eigenvalue weighted by Gasteiger charge is 2.66. The number of hydrogen-bond donors (Lipinski definition) is 1. The second-order valence-corrected chi connectivity index (χ2v) is 7.08. The molecule has 1 atom stereocenters. The van der Waals surface area contributed by atoms with Crippen LogP contribution in [0.15, 0.2) is 22.8 Å². The van der Waals surface area contributed by atoms with Gasteiger partial charge in [0.2, 0.25) is 5.91 Å². The van der Waals surface area contributed by atoms with E-state index in [1.165, 1.54) is 19.1 Å². The summed E-state index contributed by atoms with van der Waals surface area (Å²) in [6.07, 6.45) is 7.11. The van der Waals surface area contributed by atoms with Crippen molar-refractivity contribution < 1.29 is 14.0 Å². The maximum atomic E-state index is 12.4. The fraction of sp³-hybridized carbons (Fsp3) is 0.647. The monoisotopic (exact) mass is 302 g/mol. The first-order valence-electron chi connectivity index (χ1n) is 8.28. The summed E-state index contributed by atoms with van der Waals surface area (Å²) in [6.45, 7) is 2.34. The van der Waals surface area contributed by atoms with Crippen LogP contribution in [0.2, 0.25) is 0 Å². The summed E-state index contributed by atoms with van der Waals surface area (Å²) in [7, 11) is 0. The molecule has 5 nitrogen and oxygen atoms in total. The summed E-state index contributed by atoms with van der Waals surface area (Å²) < 4.78 is 5.08. The summed E-state index contributed by atoms with van der Waals surface area (Å²) >= 11 is 0. The number of rotatable bonds is 4. The lowest BCUT2D eigenvalue weighted by Gasteiger charge is -2.32. The van der Waals surface area contributed by atoms with Crippen LogP contribution in [-0.2, 0) is 4.79 Å². The summed E-state index contributed by atoms with van der Waals surface area (Å²) in [5.74, 6) is 1.38. The molecule has 2 aliphatic carbocycles. The third kappa shape index (κ3) is 2.53. The molecule has 1 saturated heterocycles. The van der Waals surface area contributed by atoms with Crippen LogP contribution in [0.4, 0.5) is 0 Å². The molecule has 118 valence electrons. The molecule has 4 rings (SSSR count). The Morgan fingerprint density at radius 1 is 1.32 bits per heavy atom. The van der Waals surface area contributed by atoms with Gasteiger partial charge in [-0.2, -0.15) is 0 Å². The minimum atomic E-state index is -0.155. The number of amides is 2. The van der Waals surface area contributed by atoms with Crippen molar-refractivity contribution in [3.8, 4) is 0 Å². The van der Waals surface area contributed by atoms with Crippen molar-refractivity contribution in [3.63, 3.8) is 0 Å². The molecule has 1 unspecified atom stereocenters. The number of likely N-dealkylation sites (tertiary alicyclic amines) is 1. The Balaban J connectivity index is 1.21. The van der Waals surface area contributed by atoms with E-state index in [0.717, 1.165) is 32.4 Å². The topological polar surface area (TPSA) is 62.6 Å². The van der Waals surface area contributed by atoms with Gasteiger partial charge in [-0.15, -0.1) is 0 Å². The lowest BCUT2D eigenvalue weighted by atomic mass is 9.96. The van der Waals surface area contributed by atoms with E-state index in [0.29, 0.717) is 35.5 Å². The summed E-state index contributed by atoms with van der Waals surface area (Å²) in [6, 6.07) is 3.38. The first kappa shape index (κ1) is 13.9. The van der Waals surface area contributed by atoms with Crippen molar-refractivity contribution in [2.75, 3.05) is 19.6 Å². The summed E-state index contributed by atoms with van der Waals surface area (Å²) in [4.78, 5) is 26.3. The largest absolute Gasteiger partial charge is 0.459 e. The molecule has 1 N–H and O–H groups in total. The minimum absolute atomic E-state index is 0.155. The van der Waals surface area contributed by atoms with Crippen LogP contribution < -0.4 is 5.32 Å². The van der Waals surface area contributed by atoms with E-state index >= 15 is 0 Å². The molecule has 0 aromatic carbocycles. The van der Waals surface area contributed by atoms with Gasteiger partial charge in [0.1, 0.15) is 0 Å². The van der Waals surface area contributed by atoms with Crippen molar-refractivity contribution in [1.82, 2.24) is 10.2 Å². The summed E-state index contributed by atoms with van der Waals surface area (Å²) in [5.41, 5.74) is 0.449. The third-order valence-corrected chi connectivity index (χ3v) is 5.60. The van der Waals surface area contributed by atoms with E-state index in [1.54, 1.807) is 12.1 Å². The van der Waals surface area contributed by atoms with Gasteiger partial charge < -0.3 is 14.6 Å². The van der Waals surface area contributed by atoms with E-state index in [-0.39, 0.29) is 5.91 Å². The predicted molar refractivity (Wildman–Crippen MR) is 80.1 cm³/mol. The van der Waals surface area contributed by atoms with Gasteiger partial charge in [-0.3, -0.25) is 9.59 Å². The molecular weight excluding hydrogens is 280 g/mol. The van der Waals surface area contributed by atoms with Crippen LogP contribution in [0.25, 0.3) is 0 Å². The number of piperidine rings is 1. The molecule has 22 heavy (non-hydrogen) atoms. The van der Waals surface area contributed by atoms with Gasteiger partial charge in [0, 0.05) is 25.6 Å². The lowest BCUT2D eigenvalue weighted by Crippen LogP contribution is -2.42. The maximum absolute atomic E-state index is 12.4. The van der Waals surface area contributed by atoms with Crippen molar-refractivity contribution in [2.45, 2.75) is 32.1 Å². The third-order valence-electron chi connectivity index (χ3n) is 5.60. The predicted octanol–water partition coefficient (Wildman–Crippen LogP) is 2.05. The molecule has 3 aliphatic rings.